The van der Waals surface area contributed by atoms with E-state index in [-0.39, 0.29) is 11.9 Å². The number of amides is 1. The van der Waals surface area contributed by atoms with Gasteiger partial charge in [-0.15, -0.1) is 0 Å². The number of methoxy groups -OCH3 is 1. The van der Waals surface area contributed by atoms with Crippen LogP contribution in [0.15, 0.2) is 18.3 Å². The van der Waals surface area contributed by atoms with E-state index >= 15 is 0 Å². The largest absolute Gasteiger partial charge is 0.383 e. The molecule has 0 saturated heterocycles. The van der Waals surface area contributed by atoms with Gasteiger partial charge in [0.2, 0.25) is 0 Å². The highest BCUT2D eigenvalue weighted by Gasteiger charge is 2.32. The summed E-state index contributed by atoms with van der Waals surface area (Å²) in [7, 11) is 5.43. The van der Waals surface area contributed by atoms with E-state index in [0.29, 0.717) is 23.9 Å². The maximum atomic E-state index is 12.4. The molecule has 5 heteroatoms. The van der Waals surface area contributed by atoms with Crippen molar-refractivity contribution >= 4 is 11.7 Å². The molecule has 5 nitrogen and oxygen atoms in total. The molecule has 1 fully saturated rings. The number of nitrogens with one attached hydrogen (secondary N) is 1. The zero-order chi connectivity index (χ0) is 13.8. The highest BCUT2D eigenvalue weighted by molar-refractivity contribution is 5.99. The van der Waals surface area contributed by atoms with Crippen LogP contribution in [0, 0.1) is 5.92 Å². The van der Waals surface area contributed by atoms with Gasteiger partial charge in [0.15, 0.2) is 0 Å². The molecule has 0 spiro atoms. The molecule has 0 aromatic carbocycles. The van der Waals surface area contributed by atoms with Gasteiger partial charge in [0, 0.05) is 27.4 Å². The molecule has 0 radical (unpaired) electrons. The van der Waals surface area contributed by atoms with Gasteiger partial charge in [-0.3, -0.25) is 4.79 Å². The summed E-state index contributed by atoms with van der Waals surface area (Å²) in [5, 5.41) is 3.06. The van der Waals surface area contributed by atoms with E-state index in [4.69, 9.17) is 4.74 Å². The van der Waals surface area contributed by atoms with Gasteiger partial charge in [0.05, 0.1) is 18.2 Å². The monoisotopic (exact) mass is 263 g/mol. The van der Waals surface area contributed by atoms with E-state index in [1.54, 1.807) is 25.4 Å². The Labute approximate surface area is 114 Å². The quantitative estimate of drug-likeness (QED) is 0.840. The van der Waals surface area contributed by atoms with Gasteiger partial charge in [-0.05, 0) is 30.9 Å². The molecule has 1 aliphatic rings. The Morgan fingerprint density at radius 2 is 2.32 bits per heavy atom. The van der Waals surface area contributed by atoms with Gasteiger partial charge in [0.1, 0.15) is 5.82 Å². The van der Waals surface area contributed by atoms with E-state index in [2.05, 4.69) is 10.3 Å². The van der Waals surface area contributed by atoms with Gasteiger partial charge in [-0.25, -0.2) is 4.98 Å². The van der Waals surface area contributed by atoms with Crippen molar-refractivity contribution in [2.24, 2.45) is 5.92 Å². The van der Waals surface area contributed by atoms with Crippen LogP contribution in [0.25, 0.3) is 0 Å². The Hall–Kier alpha value is -1.62. The van der Waals surface area contributed by atoms with Crippen LogP contribution in [0.2, 0.25) is 0 Å². The summed E-state index contributed by atoms with van der Waals surface area (Å²) >= 11 is 0. The Bertz CT molecular complexity index is 444. The van der Waals surface area contributed by atoms with Crippen LogP contribution in [0.5, 0.6) is 0 Å². The molecule has 2 rings (SSSR count). The number of anilines is 1. The molecule has 1 aromatic heterocycles. The third-order valence-electron chi connectivity index (χ3n) is 3.31. The number of rotatable bonds is 6. The number of carbonyl (C=O) groups is 1. The van der Waals surface area contributed by atoms with Crippen molar-refractivity contribution in [2.75, 3.05) is 32.7 Å². The van der Waals surface area contributed by atoms with Crippen molar-refractivity contribution in [1.29, 1.82) is 0 Å². The lowest BCUT2D eigenvalue weighted by molar-refractivity contribution is 0.0884. The lowest BCUT2D eigenvalue weighted by Gasteiger charge is -2.20. The Kier molecular flexibility index (Phi) is 4.37. The fourth-order valence-corrected chi connectivity index (χ4v) is 2.15. The van der Waals surface area contributed by atoms with Crippen LogP contribution in [0.4, 0.5) is 5.82 Å². The number of carbonyl (C=O) groups excluding carboxylic acids is 1. The Morgan fingerprint density at radius 1 is 1.58 bits per heavy atom. The second-order valence-electron chi connectivity index (χ2n) is 5.14. The predicted molar refractivity (Wildman–Crippen MR) is 74.4 cm³/mol. The molecule has 1 heterocycles. The number of aromatic nitrogens is 1. The summed E-state index contributed by atoms with van der Waals surface area (Å²) in [5.74, 6) is 1.17. The minimum absolute atomic E-state index is 0.0780. The van der Waals surface area contributed by atoms with E-state index in [0.717, 1.165) is 0 Å². The minimum Gasteiger partial charge on any atom is -0.383 e. The smallest absolute Gasteiger partial charge is 0.255 e. The van der Waals surface area contributed by atoms with Crippen LogP contribution in [0.3, 0.4) is 0 Å². The molecule has 104 valence electrons. The van der Waals surface area contributed by atoms with Crippen molar-refractivity contribution in [3.05, 3.63) is 23.9 Å². The van der Waals surface area contributed by atoms with Crippen LogP contribution < -0.4 is 10.2 Å². The Morgan fingerprint density at radius 3 is 2.89 bits per heavy atom. The summed E-state index contributed by atoms with van der Waals surface area (Å²) in [6.45, 7) is 0.563. The van der Waals surface area contributed by atoms with Crippen LogP contribution in [-0.2, 0) is 4.74 Å². The van der Waals surface area contributed by atoms with E-state index in [9.17, 15) is 4.79 Å². The molecule has 1 atom stereocenters. The zero-order valence-corrected chi connectivity index (χ0v) is 11.7. The van der Waals surface area contributed by atoms with Crippen LogP contribution >= 0.6 is 0 Å². The number of pyridine rings is 1. The second-order valence-corrected chi connectivity index (χ2v) is 5.14. The van der Waals surface area contributed by atoms with E-state index in [1.807, 2.05) is 19.0 Å². The van der Waals surface area contributed by atoms with Crippen molar-refractivity contribution in [1.82, 2.24) is 10.3 Å². The number of ether oxygens (including phenoxy) is 1. The molecule has 1 aliphatic carbocycles. The molecule has 0 aliphatic heterocycles. The normalized spacial score (nSPS) is 15.9. The van der Waals surface area contributed by atoms with Gasteiger partial charge in [-0.1, -0.05) is 0 Å². The molecular formula is C14H21N3O2. The number of nitrogens with zero attached hydrogens (tertiary/aromatic N) is 2. The van der Waals surface area contributed by atoms with Crippen molar-refractivity contribution in [3.63, 3.8) is 0 Å². The molecule has 1 unspecified atom stereocenters. The van der Waals surface area contributed by atoms with E-state index < -0.39 is 0 Å². The third-order valence-corrected chi connectivity index (χ3v) is 3.31. The van der Waals surface area contributed by atoms with Gasteiger partial charge in [0.25, 0.3) is 5.91 Å². The lowest BCUT2D eigenvalue weighted by Crippen LogP contribution is -2.40. The van der Waals surface area contributed by atoms with Crippen LogP contribution in [0.1, 0.15) is 23.2 Å². The fraction of sp³-hybridized carbons (Fsp3) is 0.571. The van der Waals surface area contributed by atoms with Gasteiger partial charge < -0.3 is 15.0 Å². The first-order chi connectivity index (χ1) is 9.13. The molecule has 19 heavy (non-hydrogen) atoms. The molecule has 1 aromatic rings. The fourth-order valence-electron chi connectivity index (χ4n) is 2.15. The average molecular weight is 263 g/mol. The topological polar surface area (TPSA) is 54.5 Å². The standard InChI is InChI=1S/C14H21N3O2/c1-17(2)13-11(5-4-8-15-13)14(18)16-12(9-19-3)10-6-7-10/h4-5,8,10,12H,6-7,9H2,1-3H3,(H,16,18). The summed E-state index contributed by atoms with van der Waals surface area (Å²) in [6, 6.07) is 3.69. The first-order valence-electron chi connectivity index (χ1n) is 6.55. The number of hydrogen-bond acceptors (Lipinski definition) is 4. The van der Waals surface area contributed by atoms with Crippen molar-refractivity contribution in [3.8, 4) is 0 Å². The molecule has 1 N–H and O–H groups in total. The van der Waals surface area contributed by atoms with Gasteiger partial charge in [-0.2, -0.15) is 0 Å². The van der Waals surface area contributed by atoms with Crippen molar-refractivity contribution in [2.45, 2.75) is 18.9 Å². The van der Waals surface area contributed by atoms with Crippen LogP contribution in [-0.4, -0.2) is 44.7 Å². The maximum Gasteiger partial charge on any atom is 0.255 e. The van der Waals surface area contributed by atoms with Gasteiger partial charge >= 0.3 is 0 Å². The summed E-state index contributed by atoms with van der Waals surface area (Å²) in [5.41, 5.74) is 0.606. The first kappa shape index (κ1) is 13.8. The molecule has 0 bridgehead atoms. The molecule has 1 saturated carbocycles. The zero-order valence-electron chi connectivity index (χ0n) is 11.7. The second kappa shape index (κ2) is 6.02. The summed E-state index contributed by atoms with van der Waals surface area (Å²) < 4.78 is 5.18. The third kappa shape index (κ3) is 3.44. The maximum absolute atomic E-state index is 12.4. The minimum atomic E-state index is -0.0780. The highest BCUT2D eigenvalue weighted by Crippen LogP contribution is 2.33. The first-order valence-corrected chi connectivity index (χ1v) is 6.55. The molecular weight excluding hydrogens is 242 g/mol. The summed E-state index contributed by atoms with van der Waals surface area (Å²) in [4.78, 5) is 18.4. The van der Waals surface area contributed by atoms with Crippen molar-refractivity contribution < 1.29 is 9.53 Å². The summed E-state index contributed by atoms with van der Waals surface area (Å²) in [6.07, 6.45) is 4.03. The molecule has 1 amide bonds. The predicted octanol–water partition coefficient (Wildman–Crippen LogP) is 1.30. The average Bonchev–Trinajstić information content (AvgIpc) is 3.22. The van der Waals surface area contributed by atoms with E-state index in [1.165, 1.54) is 12.8 Å². The SMILES string of the molecule is COCC(NC(=O)c1cccnc1N(C)C)C1CC1. The lowest BCUT2D eigenvalue weighted by atomic mass is 10.1. The highest BCUT2D eigenvalue weighted by atomic mass is 16.5. The number of hydrogen-bond donors (Lipinski definition) is 1. The Balaban J connectivity index is 2.10.